The van der Waals surface area contributed by atoms with Crippen LogP contribution in [0.3, 0.4) is 0 Å². The summed E-state index contributed by atoms with van der Waals surface area (Å²) in [5.74, 6) is -0.212. The van der Waals surface area contributed by atoms with E-state index in [4.69, 9.17) is 4.74 Å². The van der Waals surface area contributed by atoms with Gasteiger partial charge in [0.25, 0.3) is 5.56 Å². The second-order valence-electron chi connectivity index (χ2n) is 3.69. The van der Waals surface area contributed by atoms with Gasteiger partial charge in [0.05, 0.1) is 12.8 Å². The third kappa shape index (κ3) is 1.71. The van der Waals surface area contributed by atoms with Crippen molar-refractivity contribution in [2.45, 2.75) is 20.8 Å². The summed E-state index contributed by atoms with van der Waals surface area (Å²) in [6.07, 6.45) is 1.24. The summed E-state index contributed by atoms with van der Waals surface area (Å²) in [7, 11) is 0. The quantitative estimate of drug-likeness (QED) is 0.782. The van der Waals surface area contributed by atoms with Crippen LogP contribution in [0.2, 0.25) is 0 Å². The SMILES string of the molecule is CCOC(=O)c1cnc2[nH]c(C)c(C)n2c1=O. The van der Waals surface area contributed by atoms with Crippen LogP contribution < -0.4 is 5.56 Å². The van der Waals surface area contributed by atoms with Crippen LogP contribution in [-0.4, -0.2) is 26.9 Å². The molecule has 90 valence electrons. The predicted molar refractivity (Wildman–Crippen MR) is 61.2 cm³/mol. The zero-order valence-corrected chi connectivity index (χ0v) is 9.90. The third-order valence-electron chi connectivity index (χ3n) is 2.63. The smallest absolute Gasteiger partial charge is 0.345 e. The predicted octanol–water partition coefficient (Wildman–Crippen LogP) is 0.816. The average Bonchev–Trinajstić information content (AvgIpc) is 2.56. The lowest BCUT2D eigenvalue weighted by atomic mass is 10.3. The van der Waals surface area contributed by atoms with Gasteiger partial charge in [-0.25, -0.2) is 14.2 Å². The van der Waals surface area contributed by atoms with Gasteiger partial charge < -0.3 is 9.72 Å². The fourth-order valence-electron chi connectivity index (χ4n) is 1.63. The van der Waals surface area contributed by atoms with E-state index in [0.717, 1.165) is 11.4 Å². The highest BCUT2D eigenvalue weighted by atomic mass is 16.5. The Balaban J connectivity index is 2.69. The summed E-state index contributed by atoms with van der Waals surface area (Å²) in [4.78, 5) is 30.6. The van der Waals surface area contributed by atoms with E-state index >= 15 is 0 Å². The zero-order valence-electron chi connectivity index (χ0n) is 9.90. The Labute approximate surface area is 97.3 Å². The number of aromatic nitrogens is 3. The number of aryl methyl sites for hydroxylation is 2. The highest BCUT2D eigenvalue weighted by Gasteiger charge is 2.16. The molecule has 0 radical (unpaired) electrons. The van der Waals surface area contributed by atoms with E-state index in [1.165, 1.54) is 10.6 Å². The van der Waals surface area contributed by atoms with Crippen molar-refractivity contribution < 1.29 is 9.53 Å². The maximum atomic E-state index is 12.1. The molecule has 0 atom stereocenters. The van der Waals surface area contributed by atoms with Crippen LogP contribution in [0.5, 0.6) is 0 Å². The minimum Gasteiger partial charge on any atom is -0.462 e. The lowest BCUT2D eigenvalue weighted by Crippen LogP contribution is -2.24. The number of carbonyl (C=O) groups is 1. The second kappa shape index (κ2) is 4.04. The van der Waals surface area contributed by atoms with Crippen LogP contribution in [0, 0.1) is 13.8 Å². The molecule has 0 aliphatic heterocycles. The molecule has 0 amide bonds. The Morgan fingerprint density at radius 1 is 1.53 bits per heavy atom. The van der Waals surface area contributed by atoms with Crippen molar-refractivity contribution in [3.63, 3.8) is 0 Å². The molecule has 6 nitrogen and oxygen atoms in total. The fourth-order valence-corrected chi connectivity index (χ4v) is 1.63. The van der Waals surface area contributed by atoms with Gasteiger partial charge in [-0.2, -0.15) is 0 Å². The van der Waals surface area contributed by atoms with Gasteiger partial charge in [0.1, 0.15) is 5.56 Å². The molecule has 6 heteroatoms. The number of imidazole rings is 1. The Kier molecular flexibility index (Phi) is 2.71. The normalized spacial score (nSPS) is 10.8. The summed E-state index contributed by atoms with van der Waals surface area (Å²) in [5, 5.41) is 0. The summed E-state index contributed by atoms with van der Waals surface area (Å²) >= 11 is 0. The number of rotatable bonds is 2. The molecular weight excluding hydrogens is 222 g/mol. The van der Waals surface area contributed by atoms with E-state index in [9.17, 15) is 9.59 Å². The molecule has 2 rings (SSSR count). The molecule has 0 unspecified atom stereocenters. The molecule has 1 N–H and O–H groups in total. The second-order valence-corrected chi connectivity index (χ2v) is 3.69. The van der Waals surface area contributed by atoms with Gasteiger partial charge >= 0.3 is 5.97 Å². The monoisotopic (exact) mass is 235 g/mol. The van der Waals surface area contributed by atoms with E-state index in [1.807, 2.05) is 6.92 Å². The lowest BCUT2D eigenvalue weighted by Gasteiger charge is -2.01. The van der Waals surface area contributed by atoms with E-state index in [2.05, 4.69) is 9.97 Å². The average molecular weight is 235 g/mol. The molecule has 0 saturated heterocycles. The van der Waals surface area contributed by atoms with Crippen LogP contribution in [0.25, 0.3) is 5.78 Å². The first-order valence-electron chi connectivity index (χ1n) is 5.30. The first-order valence-corrected chi connectivity index (χ1v) is 5.30. The van der Waals surface area contributed by atoms with E-state index in [1.54, 1.807) is 13.8 Å². The largest absolute Gasteiger partial charge is 0.462 e. The Morgan fingerprint density at radius 3 is 2.88 bits per heavy atom. The number of nitrogens with zero attached hydrogens (tertiary/aromatic N) is 2. The molecule has 0 spiro atoms. The van der Waals surface area contributed by atoms with Crippen LogP contribution in [0.4, 0.5) is 0 Å². The molecule has 0 aliphatic rings. The number of aromatic amines is 1. The van der Waals surface area contributed by atoms with Crippen molar-refractivity contribution in [2.75, 3.05) is 6.61 Å². The number of ether oxygens (including phenoxy) is 1. The minimum absolute atomic E-state index is 0.0496. The number of fused-ring (bicyclic) bond motifs is 1. The molecule has 17 heavy (non-hydrogen) atoms. The fraction of sp³-hybridized carbons (Fsp3) is 0.364. The standard InChI is InChI=1S/C11H13N3O3/c1-4-17-10(16)8-5-12-11-13-6(2)7(3)14(11)9(8)15/h5H,4H2,1-3H3,(H,12,13). The number of hydrogen-bond donors (Lipinski definition) is 1. The van der Waals surface area contributed by atoms with Gasteiger partial charge in [-0.3, -0.25) is 4.79 Å². The minimum atomic E-state index is -0.641. The summed E-state index contributed by atoms with van der Waals surface area (Å²) in [5.41, 5.74) is 1.13. The highest BCUT2D eigenvalue weighted by Crippen LogP contribution is 2.06. The van der Waals surface area contributed by atoms with Gasteiger partial charge in [0.2, 0.25) is 5.78 Å². The van der Waals surface area contributed by atoms with Crippen molar-refractivity contribution in [2.24, 2.45) is 0 Å². The first-order chi connectivity index (χ1) is 8.06. The van der Waals surface area contributed by atoms with Crippen molar-refractivity contribution in [1.82, 2.24) is 14.4 Å². The number of nitrogens with one attached hydrogen (secondary N) is 1. The maximum Gasteiger partial charge on any atom is 0.345 e. The summed E-state index contributed by atoms with van der Waals surface area (Å²) < 4.78 is 6.18. The number of H-pyrrole nitrogens is 1. The van der Waals surface area contributed by atoms with Crippen molar-refractivity contribution in [3.05, 3.63) is 33.5 Å². The number of hydrogen-bond acceptors (Lipinski definition) is 4. The van der Waals surface area contributed by atoms with Crippen LogP contribution in [0.1, 0.15) is 28.7 Å². The summed E-state index contributed by atoms with van der Waals surface area (Å²) in [6.45, 7) is 5.55. The number of carbonyl (C=O) groups excluding carboxylic acids is 1. The molecular formula is C11H13N3O3. The molecule has 2 aromatic rings. The third-order valence-corrected chi connectivity index (χ3v) is 2.63. The lowest BCUT2D eigenvalue weighted by molar-refractivity contribution is 0.0523. The molecule has 0 bridgehead atoms. The zero-order chi connectivity index (χ0) is 12.6. The maximum absolute atomic E-state index is 12.1. The van der Waals surface area contributed by atoms with Crippen LogP contribution in [0.15, 0.2) is 11.0 Å². The molecule has 2 aromatic heterocycles. The van der Waals surface area contributed by atoms with Crippen molar-refractivity contribution in [1.29, 1.82) is 0 Å². The molecule has 0 aliphatic carbocycles. The van der Waals surface area contributed by atoms with E-state index < -0.39 is 11.5 Å². The van der Waals surface area contributed by atoms with Crippen LogP contribution >= 0.6 is 0 Å². The van der Waals surface area contributed by atoms with E-state index in [-0.39, 0.29) is 12.2 Å². The van der Waals surface area contributed by atoms with Crippen molar-refractivity contribution in [3.8, 4) is 0 Å². The number of esters is 1. The topological polar surface area (TPSA) is 76.5 Å². The summed E-state index contributed by atoms with van der Waals surface area (Å²) in [6, 6.07) is 0. The first kappa shape index (κ1) is 11.4. The van der Waals surface area contributed by atoms with Gasteiger partial charge in [0.15, 0.2) is 0 Å². The van der Waals surface area contributed by atoms with Gasteiger partial charge in [-0.05, 0) is 20.8 Å². The molecule has 0 fully saturated rings. The van der Waals surface area contributed by atoms with Crippen molar-refractivity contribution >= 4 is 11.7 Å². The Bertz CT molecular complexity index is 639. The van der Waals surface area contributed by atoms with Gasteiger partial charge in [0, 0.05) is 11.4 Å². The van der Waals surface area contributed by atoms with Gasteiger partial charge in [-0.15, -0.1) is 0 Å². The highest BCUT2D eigenvalue weighted by molar-refractivity contribution is 5.88. The van der Waals surface area contributed by atoms with Gasteiger partial charge in [-0.1, -0.05) is 0 Å². The Hall–Kier alpha value is -2.11. The van der Waals surface area contributed by atoms with Crippen LogP contribution in [-0.2, 0) is 4.74 Å². The van der Waals surface area contributed by atoms with E-state index in [0.29, 0.717) is 5.78 Å². The molecule has 0 saturated carbocycles. The Morgan fingerprint density at radius 2 is 2.24 bits per heavy atom. The molecule has 0 aromatic carbocycles. The molecule has 2 heterocycles.